The molecule has 3 heterocycles. The van der Waals surface area contributed by atoms with E-state index >= 15 is 0 Å². The number of fused-ring (bicyclic) bond motifs is 1. The molecule has 0 saturated carbocycles. The van der Waals surface area contributed by atoms with Crippen molar-refractivity contribution < 1.29 is 0 Å². The largest absolute Gasteiger partial charge is 0.338 e. The summed E-state index contributed by atoms with van der Waals surface area (Å²) in [5.74, 6) is 1.29. The Morgan fingerprint density at radius 1 is 1.35 bits per heavy atom. The second-order valence-corrected chi connectivity index (χ2v) is 3.94. The van der Waals surface area contributed by atoms with E-state index in [4.69, 9.17) is 11.6 Å². The van der Waals surface area contributed by atoms with Crippen LogP contribution in [0.15, 0.2) is 30.9 Å². The fraction of sp³-hybridized carbons (Fsp3) is 0.100. The Hall–Kier alpha value is -2.08. The fourth-order valence-electron chi connectivity index (χ4n) is 1.58. The van der Waals surface area contributed by atoms with Gasteiger partial charge in [0, 0.05) is 19.4 Å². The number of rotatable bonds is 2. The molecule has 0 unspecified atom stereocenters. The van der Waals surface area contributed by atoms with Gasteiger partial charge in [0.25, 0.3) is 0 Å². The SMILES string of the molecule is Cn1cnc(Nc2nc(Cl)nc3cccn23)c1. The van der Waals surface area contributed by atoms with E-state index in [9.17, 15) is 0 Å². The molecule has 3 aromatic rings. The predicted octanol–water partition coefficient (Wildman–Crippen LogP) is 1.86. The van der Waals surface area contributed by atoms with Crippen molar-refractivity contribution in [2.75, 3.05) is 5.32 Å². The van der Waals surface area contributed by atoms with Crippen molar-refractivity contribution in [1.29, 1.82) is 0 Å². The van der Waals surface area contributed by atoms with Crippen LogP contribution >= 0.6 is 11.6 Å². The number of halogens is 1. The summed E-state index contributed by atoms with van der Waals surface area (Å²) in [7, 11) is 1.90. The van der Waals surface area contributed by atoms with Gasteiger partial charge in [-0.2, -0.15) is 9.97 Å². The molecule has 0 amide bonds. The van der Waals surface area contributed by atoms with Crippen molar-refractivity contribution in [1.82, 2.24) is 23.9 Å². The number of anilines is 2. The molecule has 1 N–H and O–H groups in total. The first-order chi connectivity index (χ1) is 8.22. The molecule has 0 bridgehead atoms. The van der Waals surface area contributed by atoms with Crippen LogP contribution in [0, 0.1) is 0 Å². The highest BCUT2D eigenvalue weighted by atomic mass is 35.5. The number of imidazole rings is 1. The number of aryl methyl sites for hydroxylation is 1. The molecule has 0 radical (unpaired) electrons. The molecule has 0 aliphatic rings. The van der Waals surface area contributed by atoms with Crippen LogP contribution in [0.3, 0.4) is 0 Å². The highest BCUT2D eigenvalue weighted by molar-refractivity contribution is 6.28. The van der Waals surface area contributed by atoms with E-state index in [1.54, 1.807) is 10.7 Å². The summed E-state index contributed by atoms with van der Waals surface area (Å²) >= 11 is 5.85. The Kier molecular flexibility index (Phi) is 2.22. The number of hydrogen-bond acceptors (Lipinski definition) is 4. The van der Waals surface area contributed by atoms with E-state index in [1.807, 2.05) is 36.1 Å². The minimum atomic E-state index is 0.203. The van der Waals surface area contributed by atoms with Gasteiger partial charge in [0.15, 0.2) is 5.82 Å². The lowest BCUT2D eigenvalue weighted by Crippen LogP contribution is -2.02. The van der Waals surface area contributed by atoms with Crippen molar-refractivity contribution in [3.05, 3.63) is 36.1 Å². The molecule has 6 nitrogen and oxygen atoms in total. The molecular weight excluding hydrogens is 240 g/mol. The zero-order valence-electron chi connectivity index (χ0n) is 9.00. The summed E-state index contributed by atoms with van der Waals surface area (Å²) in [6, 6.07) is 3.74. The van der Waals surface area contributed by atoms with E-state index in [2.05, 4.69) is 20.3 Å². The Bertz CT molecular complexity index is 670. The normalized spacial score (nSPS) is 10.9. The minimum Gasteiger partial charge on any atom is -0.338 e. The monoisotopic (exact) mass is 248 g/mol. The fourth-order valence-corrected chi connectivity index (χ4v) is 1.75. The molecule has 0 aliphatic heterocycles. The van der Waals surface area contributed by atoms with Crippen molar-refractivity contribution in [3.63, 3.8) is 0 Å². The zero-order chi connectivity index (χ0) is 11.8. The Labute approximate surface area is 102 Å². The average Bonchev–Trinajstić information content (AvgIpc) is 2.87. The number of nitrogens with one attached hydrogen (secondary N) is 1. The Balaban J connectivity index is 2.07. The van der Waals surface area contributed by atoms with Crippen LogP contribution in [0.25, 0.3) is 5.65 Å². The first kappa shape index (κ1) is 10.1. The standard InChI is InChI=1S/C10H9ClN6/c1-16-5-7(12-6-16)13-10-15-9(11)14-8-3-2-4-17(8)10/h2-6H,1H3,(H,13,14,15). The molecule has 7 heteroatoms. The summed E-state index contributed by atoms with van der Waals surface area (Å²) in [4.78, 5) is 12.4. The Morgan fingerprint density at radius 2 is 2.24 bits per heavy atom. The third kappa shape index (κ3) is 1.83. The summed E-state index contributed by atoms with van der Waals surface area (Å²) in [5.41, 5.74) is 0.739. The van der Waals surface area contributed by atoms with Crippen LogP contribution in [0.4, 0.5) is 11.8 Å². The third-order valence-corrected chi connectivity index (χ3v) is 2.47. The van der Waals surface area contributed by atoms with Gasteiger partial charge in [-0.15, -0.1) is 0 Å². The second kappa shape index (κ2) is 3.74. The molecule has 3 rings (SSSR count). The quantitative estimate of drug-likeness (QED) is 0.752. The number of nitrogens with zero attached hydrogens (tertiary/aromatic N) is 5. The predicted molar refractivity (Wildman–Crippen MR) is 64.5 cm³/mol. The van der Waals surface area contributed by atoms with Crippen molar-refractivity contribution in [2.24, 2.45) is 7.05 Å². The summed E-state index contributed by atoms with van der Waals surface area (Å²) in [6.45, 7) is 0. The molecule has 17 heavy (non-hydrogen) atoms. The van der Waals surface area contributed by atoms with Gasteiger partial charge in [0.1, 0.15) is 5.65 Å². The zero-order valence-corrected chi connectivity index (χ0v) is 9.76. The van der Waals surface area contributed by atoms with E-state index in [-0.39, 0.29) is 5.28 Å². The van der Waals surface area contributed by atoms with Gasteiger partial charge >= 0.3 is 0 Å². The topological polar surface area (TPSA) is 60.0 Å². The second-order valence-electron chi connectivity index (χ2n) is 3.60. The van der Waals surface area contributed by atoms with Crippen LogP contribution in [0.1, 0.15) is 0 Å². The lowest BCUT2D eigenvalue weighted by Gasteiger charge is -2.05. The molecule has 0 aromatic carbocycles. The first-order valence-electron chi connectivity index (χ1n) is 4.98. The van der Waals surface area contributed by atoms with Crippen LogP contribution in [-0.2, 0) is 7.05 Å². The molecule has 3 aromatic heterocycles. The molecular formula is C10H9ClN6. The molecule has 0 spiro atoms. The summed E-state index contributed by atoms with van der Waals surface area (Å²) < 4.78 is 3.65. The van der Waals surface area contributed by atoms with Crippen LogP contribution in [-0.4, -0.2) is 23.9 Å². The first-order valence-corrected chi connectivity index (χ1v) is 5.36. The van der Waals surface area contributed by atoms with Gasteiger partial charge in [0.2, 0.25) is 11.2 Å². The van der Waals surface area contributed by atoms with Gasteiger partial charge in [0.05, 0.1) is 6.33 Å². The molecule has 0 atom stereocenters. The van der Waals surface area contributed by atoms with Crippen molar-refractivity contribution in [2.45, 2.75) is 0 Å². The van der Waals surface area contributed by atoms with Crippen LogP contribution in [0.5, 0.6) is 0 Å². The number of aromatic nitrogens is 5. The number of hydrogen-bond donors (Lipinski definition) is 1. The van der Waals surface area contributed by atoms with Gasteiger partial charge < -0.3 is 9.88 Å². The van der Waals surface area contributed by atoms with Gasteiger partial charge in [-0.1, -0.05) is 0 Å². The van der Waals surface area contributed by atoms with E-state index < -0.39 is 0 Å². The maximum Gasteiger partial charge on any atom is 0.227 e. The molecule has 86 valence electrons. The molecule has 0 fully saturated rings. The van der Waals surface area contributed by atoms with Crippen molar-refractivity contribution >= 4 is 29.0 Å². The van der Waals surface area contributed by atoms with E-state index in [0.29, 0.717) is 11.8 Å². The third-order valence-electron chi connectivity index (χ3n) is 2.31. The van der Waals surface area contributed by atoms with Crippen LogP contribution in [0.2, 0.25) is 5.28 Å². The van der Waals surface area contributed by atoms with E-state index in [0.717, 1.165) is 5.65 Å². The lowest BCUT2D eigenvalue weighted by atomic mass is 10.6. The summed E-state index contributed by atoms with van der Waals surface area (Å²) in [6.07, 6.45) is 5.42. The maximum absolute atomic E-state index is 5.85. The van der Waals surface area contributed by atoms with Gasteiger partial charge in [-0.05, 0) is 23.7 Å². The Morgan fingerprint density at radius 3 is 3.00 bits per heavy atom. The maximum atomic E-state index is 5.85. The highest BCUT2D eigenvalue weighted by Crippen LogP contribution is 2.16. The lowest BCUT2D eigenvalue weighted by molar-refractivity contribution is 0.913. The average molecular weight is 249 g/mol. The molecule has 0 saturated heterocycles. The summed E-state index contributed by atoms with van der Waals surface area (Å²) in [5, 5.41) is 3.29. The van der Waals surface area contributed by atoms with Crippen LogP contribution < -0.4 is 5.32 Å². The molecule has 0 aliphatic carbocycles. The van der Waals surface area contributed by atoms with E-state index in [1.165, 1.54) is 0 Å². The minimum absolute atomic E-state index is 0.203. The van der Waals surface area contributed by atoms with Gasteiger partial charge in [-0.3, -0.25) is 4.40 Å². The smallest absolute Gasteiger partial charge is 0.227 e. The van der Waals surface area contributed by atoms with Gasteiger partial charge in [-0.25, -0.2) is 4.98 Å². The van der Waals surface area contributed by atoms with Crippen molar-refractivity contribution in [3.8, 4) is 0 Å². The highest BCUT2D eigenvalue weighted by Gasteiger charge is 2.06.